The van der Waals surface area contributed by atoms with E-state index in [1.807, 2.05) is 49.0 Å². The zero-order valence-corrected chi connectivity index (χ0v) is 14.0. The molecule has 1 aliphatic rings. The summed E-state index contributed by atoms with van der Waals surface area (Å²) >= 11 is 0. The maximum absolute atomic E-state index is 12.3. The Morgan fingerprint density at radius 2 is 2.00 bits per heavy atom. The van der Waals surface area contributed by atoms with Crippen molar-refractivity contribution in [3.63, 3.8) is 0 Å². The smallest absolute Gasteiger partial charge is 0.317 e. The predicted octanol–water partition coefficient (Wildman–Crippen LogP) is 1.42. The minimum Gasteiger partial charge on any atom is -0.480 e. The van der Waals surface area contributed by atoms with Crippen LogP contribution in [0, 0.1) is 0 Å². The molecule has 6 heteroatoms. The van der Waals surface area contributed by atoms with Crippen LogP contribution in [0.5, 0.6) is 0 Å². The van der Waals surface area contributed by atoms with Gasteiger partial charge in [-0.25, -0.2) is 0 Å². The van der Waals surface area contributed by atoms with Crippen LogP contribution in [-0.2, 0) is 4.79 Å². The number of nitrogens with one attached hydrogen (secondary N) is 1. The van der Waals surface area contributed by atoms with Crippen LogP contribution < -0.4 is 10.2 Å². The van der Waals surface area contributed by atoms with Crippen LogP contribution in [0.3, 0.4) is 0 Å². The van der Waals surface area contributed by atoms with Gasteiger partial charge in [-0.15, -0.1) is 0 Å². The molecule has 1 aromatic rings. The van der Waals surface area contributed by atoms with E-state index >= 15 is 0 Å². The molecular formula is C17H25N3O3. The molecule has 23 heavy (non-hydrogen) atoms. The van der Waals surface area contributed by atoms with Crippen molar-refractivity contribution < 1.29 is 14.7 Å². The lowest BCUT2D eigenvalue weighted by Crippen LogP contribution is -2.54. The number of hydrogen-bond donors (Lipinski definition) is 2. The highest BCUT2D eigenvalue weighted by atomic mass is 16.4. The van der Waals surface area contributed by atoms with Gasteiger partial charge in [-0.1, -0.05) is 13.0 Å². The number of hydrogen-bond acceptors (Lipinski definition) is 4. The molecule has 126 valence electrons. The van der Waals surface area contributed by atoms with Gasteiger partial charge in [0, 0.05) is 37.4 Å². The molecule has 2 rings (SSSR count). The highest BCUT2D eigenvalue weighted by molar-refractivity contribution is 5.95. The summed E-state index contributed by atoms with van der Waals surface area (Å²) in [5, 5.41) is 11.9. The second-order valence-corrected chi connectivity index (χ2v) is 6.20. The second kappa shape index (κ2) is 7.46. The first-order valence-electron chi connectivity index (χ1n) is 7.94. The number of nitrogens with zero attached hydrogens (tertiary/aromatic N) is 2. The molecule has 0 unspecified atom stereocenters. The summed E-state index contributed by atoms with van der Waals surface area (Å²) in [4.78, 5) is 27.0. The Morgan fingerprint density at radius 3 is 2.57 bits per heavy atom. The van der Waals surface area contributed by atoms with Crippen molar-refractivity contribution in [2.24, 2.45) is 0 Å². The summed E-state index contributed by atoms with van der Waals surface area (Å²) < 4.78 is 0. The molecule has 0 spiro atoms. The topological polar surface area (TPSA) is 72.9 Å². The van der Waals surface area contributed by atoms with Gasteiger partial charge in [0.2, 0.25) is 0 Å². The Balaban J connectivity index is 1.86. The van der Waals surface area contributed by atoms with E-state index < -0.39 is 5.97 Å². The van der Waals surface area contributed by atoms with E-state index in [9.17, 15) is 9.59 Å². The number of benzene rings is 1. The quantitative estimate of drug-likeness (QED) is 0.795. The number of anilines is 1. The minimum absolute atomic E-state index is 0.0622. The Kier molecular flexibility index (Phi) is 5.60. The van der Waals surface area contributed by atoms with E-state index in [2.05, 4.69) is 5.32 Å². The molecule has 6 nitrogen and oxygen atoms in total. The molecule has 0 heterocycles. The van der Waals surface area contributed by atoms with E-state index in [-0.39, 0.29) is 24.5 Å². The maximum atomic E-state index is 12.3. The van der Waals surface area contributed by atoms with Gasteiger partial charge in [0.1, 0.15) is 0 Å². The number of likely N-dealkylation sites (N-methyl/N-ethyl adjacent to an activating group) is 1. The van der Waals surface area contributed by atoms with Gasteiger partial charge >= 0.3 is 5.97 Å². The van der Waals surface area contributed by atoms with E-state index in [0.717, 1.165) is 18.5 Å². The largest absolute Gasteiger partial charge is 0.480 e. The van der Waals surface area contributed by atoms with Gasteiger partial charge in [0.15, 0.2) is 0 Å². The molecule has 1 aliphatic carbocycles. The molecule has 1 saturated carbocycles. The number of carbonyl (C=O) groups is 2. The standard InChI is InChI=1S/C17H25N3O3/c1-4-20(11-16(21)22)15-9-13(10-15)18-17(23)12-6-5-7-14(8-12)19(2)3/h5-8,13,15H,4,9-11H2,1-3H3,(H,18,23)(H,21,22). The Hall–Kier alpha value is -2.08. The molecule has 1 aromatic carbocycles. The van der Waals surface area contributed by atoms with Gasteiger partial charge < -0.3 is 15.3 Å². The maximum Gasteiger partial charge on any atom is 0.317 e. The monoisotopic (exact) mass is 319 g/mol. The van der Waals surface area contributed by atoms with Crippen molar-refractivity contribution in [2.45, 2.75) is 31.8 Å². The third-order valence-electron chi connectivity index (χ3n) is 4.33. The molecule has 1 fully saturated rings. The summed E-state index contributed by atoms with van der Waals surface area (Å²) in [5.41, 5.74) is 1.64. The van der Waals surface area contributed by atoms with Crippen LogP contribution in [0.2, 0.25) is 0 Å². The van der Waals surface area contributed by atoms with Gasteiger partial charge in [0.25, 0.3) is 5.91 Å². The summed E-state index contributed by atoms with van der Waals surface area (Å²) in [5.74, 6) is -0.877. The summed E-state index contributed by atoms with van der Waals surface area (Å²) in [6.07, 6.45) is 1.61. The molecule has 0 atom stereocenters. The third kappa shape index (κ3) is 4.45. The van der Waals surface area contributed by atoms with Crippen LogP contribution in [0.15, 0.2) is 24.3 Å². The summed E-state index contributed by atoms with van der Waals surface area (Å²) in [6.45, 7) is 2.73. The minimum atomic E-state index is -0.806. The lowest BCUT2D eigenvalue weighted by molar-refractivity contribution is -0.139. The molecule has 1 amide bonds. The van der Waals surface area contributed by atoms with Crippen LogP contribution in [0.4, 0.5) is 5.69 Å². The van der Waals surface area contributed by atoms with Crippen molar-refractivity contribution in [1.29, 1.82) is 0 Å². The average molecular weight is 319 g/mol. The molecular weight excluding hydrogens is 294 g/mol. The Bertz CT molecular complexity index is 568. The zero-order chi connectivity index (χ0) is 17.0. The summed E-state index contributed by atoms with van der Waals surface area (Å²) in [7, 11) is 3.88. The van der Waals surface area contributed by atoms with Crippen LogP contribution in [-0.4, -0.2) is 61.2 Å². The molecule has 0 saturated heterocycles. The van der Waals surface area contributed by atoms with Crippen LogP contribution in [0.1, 0.15) is 30.1 Å². The molecule has 0 aliphatic heterocycles. The first-order chi connectivity index (χ1) is 10.9. The van der Waals surface area contributed by atoms with E-state index in [0.29, 0.717) is 12.1 Å². The van der Waals surface area contributed by atoms with Crippen molar-refractivity contribution >= 4 is 17.6 Å². The number of rotatable bonds is 7. The normalized spacial score (nSPS) is 20.0. The average Bonchev–Trinajstić information content (AvgIpc) is 2.48. The highest BCUT2D eigenvalue weighted by Gasteiger charge is 2.34. The molecule has 0 aromatic heterocycles. The molecule has 0 bridgehead atoms. The van der Waals surface area contributed by atoms with Gasteiger partial charge in [-0.2, -0.15) is 0 Å². The summed E-state index contributed by atoms with van der Waals surface area (Å²) in [6, 6.07) is 7.88. The lowest BCUT2D eigenvalue weighted by atomic mass is 9.85. The van der Waals surface area contributed by atoms with E-state index in [1.54, 1.807) is 6.07 Å². The SMILES string of the molecule is CCN(CC(=O)O)C1CC(NC(=O)c2cccc(N(C)C)c2)C1. The number of aliphatic carboxylic acids is 1. The van der Waals surface area contributed by atoms with Crippen LogP contribution in [0.25, 0.3) is 0 Å². The second-order valence-electron chi connectivity index (χ2n) is 6.20. The first kappa shape index (κ1) is 17.3. The van der Waals surface area contributed by atoms with Crippen LogP contribution >= 0.6 is 0 Å². The number of carbonyl (C=O) groups excluding carboxylic acids is 1. The highest BCUT2D eigenvalue weighted by Crippen LogP contribution is 2.26. The van der Waals surface area contributed by atoms with E-state index in [4.69, 9.17) is 5.11 Å². The fourth-order valence-corrected chi connectivity index (χ4v) is 2.87. The fraction of sp³-hybridized carbons (Fsp3) is 0.529. The van der Waals surface area contributed by atoms with Crippen molar-refractivity contribution in [3.8, 4) is 0 Å². The number of carboxylic acids is 1. The third-order valence-corrected chi connectivity index (χ3v) is 4.33. The fourth-order valence-electron chi connectivity index (χ4n) is 2.87. The zero-order valence-electron chi connectivity index (χ0n) is 14.0. The van der Waals surface area contributed by atoms with Gasteiger partial charge in [-0.3, -0.25) is 14.5 Å². The predicted molar refractivity (Wildman–Crippen MR) is 89.9 cm³/mol. The first-order valence-corrected chi connectivity index (χ1v) is 7.94. The van der Waals surface area contributed by atoms with E-state index in [1.165, 1.54) is 0 Å². The Morgan fingerprint density at radius 1 is 1.30 bits per heavy atom. The molecule has 2 N–H and O–H groups in total. The Labute approximate surface area is 137 Å². The van der Waals surface area contributed by atoms with Gasteiger partial charge in [-0.05, 0) is 37.6 Å². The number of amides is 1. The number of carboxylic acid groups (broad SMARTS) is 1. The van der Waals surface area contributed by atoms with Gasteiger partial charge in [0.05, 0.1) is 6.54 Å². The molecule has 0 radical (unpaired) electrons. The lowest BCUT2D eigenvalue weighted by Gasteiger charge is -2.42. The van der Waals surface area contributed by atoms with Crippen molar-refractivity contribution in [2.75, 3.05) is 32.1 Å². The van der Waals surface area contributed by atoms with Crippen molar-refractivity contribution in [1.82, 2.24) is 10.2 Å². The van der Waals surface area contributed by atoms with Crippen molar-refractivity contribution in [3.05, 3.63) is 29.8 Å².